The van der Waals surface area contributed by atoms with E-state index in [4.69, 9.17) is 5.73 Å². The van der Waals surface area contributed by atoms with Gasteiger partial charge in [-0.2, -0.15) is 0 Å². The summed E-state index contributed by atoms with van der Waals surface area (Å²) in [6, 6.07) is 4.64. The van der Waals surface area contributed by atoms with E-state index in [9.17, 15) is 0 Å². The Kier molecular flexibility index (Phi) is 3.63. The zero-order chi connectivity index (χ0) is 11.5. The molecule has 0 unspecified atom stereocenters. The van der Waals surface area contributed by atoms with Gasteiger partial charge >= 0.3 is 0 Å². The van der Waals surface area contributed by atoms with Crippen LogP contribution in [0.2, 0.25) is 0 Å². The molecule has 1 aliphatic rings. The van der Waals surface area contributed by atoms with E-state index in [1.807, 2.05) is 0 Å². The minimum absolute atomic E-state index is 0.369. The van der Waals surface area contributed by atoms with Crippen LogP contribution < -0.4 is 5.73 Å². The van der Waals surface area contributed by atoms with Crippen LogP contribution in [0, 0.1) is 0 Å². The first-order valence-corrected chi connectivity index (χ1v) is 5.96. The zero-order valence-corrected chi connectivity index (χ0v) is 10.3. The topological polar surface area (TPSA) is 37.4 Å². The molecule has 0 bridgehead atoms. The molecule has 0 saturated carbocycles. The number of nitrogens with two attached hydrogens (primary N) is 1. The molecular weight excluding hydrogens is 200 g/mol. The molecule has 0 spiro atoms. The maximum absolute atomic E-state index is 5.93. The van der Waals surface area contributed by atoms with E-state index in [0.717, 1.165) is 26.2 Å². The van der Waals surface area contributed by atoms with E-state index >= 15 is 0 Å². The molecule has 1 atom stereocenters. The monoisotopic (exact) mass is 222 g/mol. The maximum Gasteiger partial charge on any atom is 0.0625 e. The Bertz CT molecular complexity index is 326. The number of likely N-dealkylation sites (N-methyl/N-ethyl adjacent to an activating group) is 1. The summed E-state index contributed by atoms with van der Waals surface area (Å²) in [6.45, 7) is 5.20. The number of rotatable bonds is 3. The number of aromatic nitrogens is 1. The van der Waals surface area contributed by atoms with Crippen molar-refractivity contribution >= 4 is 0 Å². The van der Waals surface area contributed by atoms with Gasteiger partial charge < -0.3 is 15.2 Å². The minimum Gasteiger partial charge on any atom is -0.353 e. The van der Waals surface area contributed by atoms with Gasteiger partial charge in [0.05, 0.1) is 6.04 Å². The first kappa shape index (κ1) is 11.6. The Labute approximate surface area is 97.6 Å². The number of aryl methyl sites for hydroxylation is 1. The molecule has 1 aliphatic heterocycles. The van der Waals surface area contributed by atoms with Crippen molar-refractivity contribution in [2.75, 3.05) is 39.8 Å². The molecule has 0 aliphatic carbocycles. The number of piperazine rings is 1. The molecule has 4 nitrogen and oxygen atoms in total. The van der Waals surface area contributed by atoms with Crippen molar-refractivity contribution in [3.8, 4) is 0 Å². The summed E-state index contributed by atoms with van der Waals surface area (Å²) in [5.41, 5.74) is 7.26. The fourth-order valence-corrected chi connectivity index (χ4v) is 2.41. The highest BCUT2D eigenvalue weighted by atomic mass is 15.3. The lowest BCUT2D eigenvalue weighted by Crippen LogP contribution is -2.47. The second-order valence-corrected chi connectivity index (χ2v) is 4.63. The summed E-state index contributed by atoms with van der Waals surface area (Å²) in [7, 11) is 4.27. The van der Waals surface area contributed by atoms with Gasteiger partial charge in [0.25, 0.3) is 0 Å². The van der Waals surface area contributed by atoms with Crippen molar-refractivity contribution in [3.05, 3.63) is 24.0 Å². The molecule has 1 aromatic heterocycles. The largest absolute Gasteiger partial charge is 0.353 e. The van der Waals surface area contributed by atoms with Gasteiger partial charge in [0.1, 0.15) is 0 Å². The first-order chi connectivity index (χ1) is 7.72. The molecule has 0 radical (unpaired) electrons. The first-order valence-electron chi connectivity index (χ1n) is 5.96. The summed E-state index contributed by atoms with van der Waals surface area (Å²) in [6.07, 6.45) is 2.09. The standard InChI is InChI=1S/C12H22N4/c1-14-6-8-16(9-7-14)12(10-13)11-4-3-5-15(11)2/h3-5,12H,6-10,13H2,1-2H3/t12-/m1/s1. The van der Waals surface area contributed by atoms with E-state index in [1.165, 1.54) is 5.69 Å². The average molecular weight is 222 g/mol. The molecule has 1 aromatic rings. The van der Waals surface area contributed by atoms with Gasteiger partial charge in [-0.05, 0) is 19.2 Å². The third-order valence-electron chi connectivity index (χ3n) is 3.53. The van der Waals surface area contributed by atoms with Gasteiger partial charge in [-0.25, -0.2) is 0 Å². The Morgan fingerprint density at radius 1 is 1.25 bits per heavy atom. The second kappa shape index (κ2) is 4.99. The molecule has 4 heteroatoms. The number of hydrogen-bond acceptors (Lipinski definition) is 3. The van der Waals surface area contributed by atoms with Gasteiger partial charge in [0.2, 0.25) is 0 Å². The Morgan fingerprint density at radius 3 is 2.44 bits per heavy atom. The highest BCUT2D eigenvalue weighted by molar-refractivity contribution is 5.12. The van der Waals surface area contributed by atoms with Crippen molar-refractivity contribution in [1.29, 1.82) is 0 Å². The fourth-order valence-electron chi connectivity index (χ4n) is 2.41. The third-order valence-corrected chi connectivity index (χ3v) is 3.53. The smallest absolute Gasteiger partial charge is 0.0625 e. The second-order valence-electron chi connectivity index (χ2n) is 4.63. The van der Waals surface area contributed by atoms with Crippen LogP contribution in [0.5, 0.6) is 0 Å². The molecule has 1 saturated heterocycles. The molecule has 2 N–H and O–H groups in total. The van der Waals surface area contributed by atoms with Crippen molar-refractivity contribution in [2.45, 2.75) is 6.04 Å². The predicted octanol–water partition coefficient (Wildman–Crippen LogP) is 0.272. The van der Waals surface area contributed by atoms with Crippen LogP contribution in [-0.4, -0.2) is 54.1 Å². The van der Waals surface area contributed by atoms with Crippen LogP contribution in [-0.2, 0) is 7.05 Å². The lowest BCUT2D eigenvalue weighted by Gasteiger charge is -2.37. The molecule has 90 valence electrons. The minimum atomic E-state index is 0.369. The van der Waals surface area contributed by atoms with E-state index in [-0.39, 0.29) is 0 Å². The highest BCUT2D eigenvalue weighted by Gasteiger charge is 2.23. The van der Waals surface area contributed by atoms with Crippen LogP contribution in [0.4, 0.5) is 0 Å². The molecule has 1 fully saturated rings. The molecule has 0 aromatic carbocycles. The van der Waals surface area contributed by atoms with Gasteiger partial charge in [-0.3, -0.25) is 4.90 Å². The lowest BCUT2D eigenvalue weighted by molar-refractivity contribution is 0.111. The Balaban J connectivity index is 2.08. The van der Waals surface area contributed by atoms with Gasteiger partial charge in [-0.15, -0.1) is 0 Å². The molecule has 2 heterocycles. The average Bonchev–Trinajstić information content (AvgIpc) is 2.69. The molecular formula is C12H22N4. The fraction of sp³-hybridized carbons (Fsp3) is 0.667. The highest BCUT2D eigenvalue weighted by Crippen LogP contribution is 2.20. The van der Waals surface area contributed by atoms with E-state index in [0.29, 0.717) is 12.6 Å². The zero-order valence-electron chi connectivity index (χ0n) is 10.3. The van der Waals surface area contributed by atoms with E-state index in [2.05, 4.69) is 46.8 Å². The predicted molar refractivity (Wildman–Crippen MR) is 66.3 cm³/mol. The Morgan fingerprint density at radius 2 is 1.94 bits per heavy atom. The summed E-state index contributed by atoms with van der Waals surface area (Å²) in [5, 5.41) is 0. The van der Waals surface area contributed by atoms with Crippen LogP contribution in [0.1, 0.15) is 11.7 Å². The van der Waals surface area contributed by atoms with Crippen molar-refractivity contribution in [1.82, 2.24) is 14.4 Å². The molecule has 2 rings (SSSR count). The summed E-state index contributed by atoms with van der Waals surface area (Å²) in [5.74, 6) is 0. The van der Waals surface area contributed by atoms with E-state index in [1.54, 1.807) is 0 Å². The van der Waals surface area contributed by atoms with Crippen molar-refractivity contribution in [3.63, 3.8) is 0 Å². The summed E-state index contributed by atoms with van der Waals surface area (Å²) >= 11 is 0. The molecule has 0 amide bonds. The van der Waals surface area contributed by atoms with Crippen LogP contribution in [0.3, 0.4) is 0 Å². The van der Waals surface area contributed by atoms with Gasteiger partial charge in [0, 0.05) is 51.7 Å². The number of nitrogens with zero attached hydrogens (tertiary/aromatic N) is 3. The van der Waals surface area contributed by atoms with Gasteiger partial charge in [0.15, 0.2) is 0 Å². The maximum atomic E-state index is 5.93. The third kappa shape index (κ3) is 2.29. The Hall–Kier alpha value is -0.840. The van der Waals surface area contributed by atoms with Crippen LogP contribution in [0.25, 0.3) is 0 Å². The van der Waals surface area contributed by atoms with Gasteiger partial charge in [-0.1, -0.05) is 0 Å². The van der Waals surface area contributed by atoms with Crippen molar-refractivity contribution in [2.24, 2.45) is 12.8 Å². The molecule has 16 heavy (non-hydrogen) atoms. The quantitative estimate of drug-likeness (QED) is 0.798. The number of hydrogen-bond donors (Lipinski definition) is 1. The lowest BCUT2D eigenvalue weighted by atomic mass is 10.1. The normalized spacial score (nSPS) is 21.2. The van der Waals surface area contributed by atoms with Crippen molar-refractivity contribution < 1.29 is 0 Å². The van der Waals surface area contributed by atoms with Crippen LogP contribution in [0.15, 0.2) is 18.3 Å². The summed E-state index contributed by atoms with van der Waals surface area (Å²) < 4.78 is 2.18. The SMILES string of the molecule is CN1CCN([C@H](CN)c2cccn2C)CC1. The summed E-state index contributed by atoms with van der Waals surface area (Å²) in [4.78, 5) is 4.87. The van der Waals surface area contributed by atoms with Crippen LogP contribution >= 0.6 is 0 Å². The van der Waals surface area contributed by atoms with E-state index < -0.39 is 0 Å².